The van der Waals surface area contributed by atoms with Crippen LogP contribution in [-0.2, 0) is 4.79 Å². The number of rotatable bonds is 3. The minimum Gasteiger partial charge on any atom is -0.480 e. The van der Waals surface area contributed by atoms with E-state index in [9.17, 15) is 4.79 Å². The van der Waals surface area contributed by atoms with Crippen LogP contribution in [0.5, 0.6) is 0 Å². The molecule has 54 valence electrons. The first-order valence-corrected chi connectivity index (χ1v) is 3.08. The van der Waals surface area contributed by atoms with Crippen molar-refractivity contribution in [1.82, 2.24) is 0 Å². The van der Waals surface area contributed by atoms with Gasteiger partial charge in [-0.2, -0.15) is 12.6 Å². The van der Waals surface area contributed by atoms with Gasteiger partial charge in [-0.25, -0.2) is 0 Å². The van der Waals surface area contributed by atoms with E-state index in [1.807, 2.05) is 0 Å². The summed E-state index contributed by atoms with van der Waals surface area (Å²) in [7, 11) is 0. The molecule has 0 aromatic rings. The van der Waals surface area contributed by atoms with Gasteiger partial charge in [-0.15, -0.1) is 0 Å². The van der Waals surface area contributed by atoms with Crippen molar-refractivity contribution >= 4 is 18.6 Å². The summed E-state index contributed by atoms with van der Waals surface area (Å²) >= 11 is 3.76. The van der Waals surface area contributed by atoms with Gasteiger partial charge < -0.3 is 10.2 Å². The topological polar surface area (TPSA) is 57.5 Å². The molecule has 0 aliphatic heterocycles. The highest BCUT2D eigenvalue weighted by Crippen LogP contribution is 2.17. The third kappa shape index (κ3) is 1.87. The van der Waals surface area contributed by atoms with Gasteiger partial charge in [0.2, 0.25) is 0 Å². The van der Waals surface area contributed by atoms with Crippen molar-refractivity contribution in [2.24, 2.45) is 0 Å². The first-order valence-electron chi connectivity index (χ1n) is 2.63. The summed E-state index contributed by atoms with van der Waals surface area (Å²) in [4.78, 5) is 10.2. The molecule has 0 aromatic carbocycles. The van der Waals surface area contributed by atoms with Crippen LogP contribution in [-0.4, -0.2) is 27.5 Å². The van der Waals surface area contributed by atoms with Crippen molar-refractivity contribution in [2.45, 2.75) is 18.1 Å². The summed E-state index contributed by atoms with van der Waals surface area (Å²) in [5, 5.41) is 16.9. The van der Waals surface area contributed by atoms with E-state index >= 15 is 0 Å². The molecule has 0 fully saturated rings. The van der Waals surface area contributed by atoms with Crippen molar-refractivity contribution in [3.8, 4) is 0 Å². The van der Waals surface area contributed by atoms with Crippen LogP contribution in [0.1, 0.15) is 13.3 Å². The summed E-state index contributed by atoms with van der Waals surface area (Å²) in [6.07, 6.45) is 0.321. The van der Waals surface area contributed by atoms with E-state index < -0.39 is 17.3 Å². The standard InChI is InChI=1S/C5H10O3S/c1-2-5(9,3-6)4(7)8/h6,9H,2-3H2,1H3,(H,7,8). The SMILES string of the molecule is CCC(S)(CO)C(=O)O. The van der Waals surface area contributed by atoms with Gasteiger partial charge >= 0.3 is 5.97 Å². The van der Waals surface area contributed by atoms with E-state index in [1.54, 1.807) is 6.92 Å². The lowest BCUT2D eigenvalue weighted by Gasteiger charge is -2.17. The molecule has 2 N–H and O–H groups in total. The second-order valence-corrected chi connectivity index (χ2v) is 2.70. The quantitative estimate of drug-likeness (QED) is 0.502. The maximum absolute atomic E-state index is 10.2. The Bertz CT molecular complexity index is 109. The summed E-state index contributed by atoms with van der Waals surface area (Å²) in [6, 6.07) is 0. The number of aliphatic carboxylic acids is 1. The van der Waals surface area contributed by atoms with Crippen LogP contribution in [0.2, 0.25) is 0 Å². The van der Waals surface area contributed by atoms with Crippen molar-refractivity contribution in [3.63, 3.8) is 0 Å². The Balaban J connectivity index is 4.09. The predicted octanol–water partition coefficient (Wildman–Crippen LogP) is 0.142. The van der Waals surface area contributed by atoms with E-state index in [2.05, 4.69) is 12.6 Å². The summed E-state index contributed by atoms with van der Waals surface area (Å²) < 4.78 is -1.25. The van der Waals surface area contributed by atoms with Gasteiger partial charge in [0.05, 0.1) is 6.61 Å². The maximum atomic E-state index is 10.2. The van der Waals surface area contributed by atoms with Gasteiger partial charge in [0.1, 0.15) is 4.75 Å². The Kier molecular flexibility index (Phi) is 3.00. The van der Waals surface area contributed by atoms with Crippen molar-refractivity contribution in [3.05, 3.63) is 0 Å². The minimum absolute atomic E-state index is 0.321. The lowest BCUT2D eigenvalue weighted by Crippen LogP contribution is -2.35. The number of carboxylic acid groups (broad SMARTS) is 1. The Labute approximate surface area is 59.1 Å². The zero-order chi connectivity index (χ0) is 7.49. The average Bonchev–Trinajstić information content (AvgIpc) is 1.86. The molecule has 4 heteroatoms. The Morgan fingerprint density at radius 3 is 2.22 bits per heavy atom. The third-order valence-corrected chi connectivity index (χ3v) is 1.89. The number of hydrogen-bond donors (Lipinski definition) is 3. The molecule has 0 radical (unpaired) electrons. The second-order valence-electron chi connectivity index (χ2n) is 1.85. The molecule has 3 nitrogen and oxygen atoms in total. The molecule has 0 aliphatic carbocycles. The molecule has 0 rings (SSSR count). The van der Waals surface area contributed by atoms with E-state index in [-0.39, 0.29) is 0 Å². The number of thiol groups is 1. The number of carboxylic acids is 1. The molecule has 9 heavy (non-hydrogen) atoms. The lowest BCUT2D eigenvalue weighted by molar-refractivity contribution is -0.141. The van der Waals surface area contributed by atoms with E-state index in [0.29, 0.717) is 6.42 Å². The Hall–Kier alpha value is -0.220. The fourth-order valence-electron chi connectivity index (χ4n) is 0.331. The number of aliphatic hydroxyl groups excluding tert-OH is 1. The number of hydrogen-bond acceptors (Lipinski definition) is 3. The van der Waals surface area contributed by atoms with E-state index in [0.717, 1.165) is 0 Å². The van der Waals surface area contributed by atoms with Crippen LogP contribution in [0.4, 0.5) is 0 Å². The Morgan fingerprint density at radius 2 is 2.22 bits per heavy atom. The first-order chi connectivity index (χ1) is 4.06. The Morgan fingerprint density at radius 1 is 1.78 bits per heavy atom. The summed E-state index contributed by atoms with van der Waals surface area (Å²) in [6.45, 7) is 1.24. The minimum atomic E-state index is -1.25. The second kappa shape index (κ2) is 3.08. The molecule has 0 amide bonds. The van der Waals surface area contributed by atoms with Crippen LogP contribution in [0.15, 0.2) is 0 Å². The third-order valence-electron chi connectivity index (χ3n) is 1.24. The molecule has 1 unspecified atom stereocenters. The molecule has 0 bridgehead atoms. The molecular weight excluding hydrogens is 140 g/mol. The molecule has 0 heterocycles. The number of aliphatic hydroxyl groups is 1. The van der Waals surface area contributed by atoms with Gasteiger partial charge in [0.25, 0.3) is 0 Å². The highest BCUT2D eigenvalue weighted by Gasteiger charge is 2.31. The fourth-order valence-corrected chi connectivity index (χ4v) is 0.331. The zero-order valence-electron chi connectivity index (χ0n) is 5.16. The molecule has 0 spiro atoms. The number of carbonyl (C=O) groups is 1. The van der Waals surface area contributed by atoms with E-state index in [1.165, 1.54) is 0 Å². The van der Waals surface area contributed by atoms with Crippen LogP contribution in [0.25, 0.3) is 0 Å². The van der Waals surface area contributed by atoms with Gasteiger partial charge in [0.15, 0.2) is 0 Å². The summed E-state index contributed by atoms with van der Waals surface area (Å²) in [5.74, 6) is -1.07. The monoisotopic (exact) mass is 150 g/mol. The highest BCUT2D eigenvalue weighted by atomic mass is 32.1. The maximum Gasteiger partial charge on any atom is 0.321 e. The largest absolute Gasteiger partial charge is 0.480 e. The zero-order valence-corrected chi connectivity index (χ0v) is 6.06. The van der Waals surface area contributed by atoms with E-state index in [4.69, 9.17) is 10.2 Å². The predicted molar refractivity (Wildman–Crippen MR) is 36.7 cm³/mol. The van der Waals surface area contributed by atoms with Gasteiger partial charge in [-0.1, -0.05) is 6.92 Å². The smallest absolute Gasteiger partial charge is 0.321 e. The molecule has 1 atom stereocenters. The van der Waals surface area contributed by atoms with Crippen LogP contribution in [0.3, 0.4) is 0 Å². The van der Waals surface area contributed by atoms with Crippen LogP contribution in [0, 0.1) is 0 Å². The van der Waals surface area contributed by atoms with Crippen LogP contribution < -0.4 is 0 Å². The average molecular weight is 150 g/mol. The molecule has 0 saturated carbocycles. The lowest BCUT2D eigenvalue weighted by atomic mass is 10.1. The van der Waals surface area contributed by atoms with Crippen molar-refractivity contribution in [2.75, 3.05) is 6.61 Å². The van der Waals surface area contributed by atoms with Crippen LogP contribution >= 0.6 is 12.6 Å². The van der Waals surface area contributed by atoms with Gasteiger partial charge in [0, 0.05) is 0 Å². The first kappa shape index (κ1) is 8.78. The molecule has 0 aliphatic rings. The van der Waals surface area contributed by atoms with Gasteiger partial charge in [-0.3, -0.25) is 4.79 Å². The van der Waals surface area contributed by atoms with Crippen molar-refractivity contribution < 1.29 is 15.0 Å². The molecular formula is C5H10O3S. The highest BCUT2D eigenvalue weighted by molar-refractivity contribution is 7.82. The van der Waals surface area contributed by atoms with Crippen molar-refractivity contribution in [1.29, 1.82) is 0 Å². The van der Waals surface area contributed by atoms with Gasteiger partial charge in [-0.05, 0) is 6.42 Å². The normalized spacial score (nSPS) is 16.8. The fraction of sp³-hybridized carbons (Fsp3) is 0.800. The molecule has 0 saturated heterocycles. The molecule has 0 aromatic heterocycles. The summed E-state index contributed by atoms with van der Waals surface area (Å²) in [5.41, 5.74) is 0.